The molecule has 0 radical (unpaired) electrons. The fraction of sp³-hybridized carbons (Fsp3) is 0.393. The van der Waals surface area contributed by atoms with Crippen LogP contribution in [0.25, 0.3) is 22.6 Å². The van der Waals surface area contributed by atoms with Gasteiger partial charge in [0.05, 0.1) is 42.8 Å². The minimum atomic E-state index is -4.72. The molecule has 1 aliphatic heterocycles. The lowest BCUT2D eigenvalue weighted by molar-refractivity contribution is -0.138. The summed E-state index contributed by atoms with van der Waals surface area (Å²) >= 11 is 0. The summed E-state index contributed by atoms with van der Waals surface area (Å²) in [4.78, 5) is 19.4. The van der Waals surface area contributed by atoms with Crippen molar-refractivity contribution in [3.63, 3.8) is 0 Å². The Kier molecular flexibility index (Phi) is 7.51. The number of fused-ring (bicyclic) bond motifs is 1. The standard InChI is InChI=1S/C28H30F4N8O2/c1-6-33-22-9-17(24-19(11-35-39(24)5)25-37-34-15-38(25)4)10-23(36-22)40-12-20-18(26(40)41)7-16(8-21(20)28(30,31)32)13-42-14-27(2,3)29/h7-11,15H,6,12-14H2,1-5H3,(H,33,36). The van der Waals surface area contributed by atoms with E-state index in [1.807, 2.05) is 6.92 Å². The van der Waals surface area contributed by atoms with E-state index >= 15 is 0 Å². The fourth-order valence-corrected chi connectivity index (χ4v) is 4.93. The van der Waals surface area contributed by atoms with Crippen LogP contribution in [0.15, 0.2) is 36.8 Å². The number of alkyl halides is 4. The smallest absolute Gasteiger partial charge is 0.373 e. The number of aryl methyl sites for hydroxylation is 2. The monoisotopic (exact) mass is 586 g/mol. The number of nitrogens with zero attached hydrogens (tertiary/aromatic N) is 7. The third-order valence-corrected chi connectivity index (χ3v) is 6.73. The van der Waals surface area contributed by atoms with Gasteiger partial charge in [0, 0.05) is 31.8 Å². The molecule has 0 saturated carbocycles. The van der Waals surface area contributed by atoms with Crippen molar-refractivity contribution in [2.75, 3.05) is 23.4 Å². The number of carbonyl (C=O) groups is 1. The summed E-state index contributed by atoms with van der Waals surface area (Å²) in [5, 5.41) is 15.6. The number of aromatic nitrogens is 6. The highest BCUT2D eigenvalue weighted by Gasteiger charge is 2.41. The third-order valence-electron chi connectivity index (χ3n) is 6.73. The van der Waals surface area contributed by atoms with Gasteiger partial charge in [-0.05, 0) is 56.2 Å². The Bertz CT molecular complexity index is 1640. The van der Waals surface area contributed by atoms with Gasteiger partial charge in [-0.1, -0.05) is 0 Å². The predicted molar refractivity (Wildman–Crippen MR) is 147 cm³/mol. The molecule has 4 heterocycles. The van der Waals surface area contributed by atoms with E-state index in [0.717, 1.165) is 6.07 Å². The zero-order chi connectivity index (χ0) is 30.4. The average Bonchev–Trinajstić information content (AvgIpc) is 3.59. The average molecular weight is 587 g/mol. The molecule has 0 spiro atoms. The van der Waals surface area contributed by atoms with Crippen LogP contribution >= 0.6 is 0 Å². The molecule has 0 atom stereocenters. The first-order valence-electron chi connectivity index (χ1n) is 13.2. The molecule has 0 unspecified atom stereocenters. The van der Waals surface area contributed by atoms with Gasteiger partial charge in [-0.15, -0.1) is 10.2 Å². The minimum absolute atomic E-state index is 0.0968. The summed E-state index contributed by atoms with van der Waals surface area (Å²) in [6, 6.07) is 5.75. The zero-order valence-corrected chi connectivity index (χ0v) is 23.8. The van der Waals surface area contributed by atoms with Crippen molar-refractivity contribution in [3.05, 3.63) is 59.0 Å². The molecule has 4 aromatic rings. The van der Waals surface area contributed by atoms with Crippen LogP contribution in [0.4, 0.5) is 29.2 Å². The molecule has 1 aliphatic rings. The second-order valence-electron chi connectivity index (χ2n) is 10.7. The van der Waals surface area contributed by atoms with Crippen LogP contribution in [0.5, 0.6) is 0 Å². The molecule has 0 fully saturated rings. The topological polar surface area (TPSA) is 103 Å². The van der Waals surface area contributed by atoms with Gasteiger partial charge in [-0.25, -0.2) is 9.37 Å². The van der Waals surface area contributed by atoms with Crippen molar-refractivity contribution < 1.29 is 27.1 Å². The second-order valence-corrected chi connectivity index (χ2v) is 10.7. The van der Waals surface area contributed by atoms with Crippen molar-refractivity contribution in [1.82, 2.24) is 29.5 Å². The number of hydrogen-bond donors (Lipinski definition) is 1. The highest BCUT2D eigenvalue weighted by Crippen LogP contribution is 2.41. The number of hydrogen-bond acceptors (Lipinski definition) is 7. The maximum atomic E-state index is 14.2. The first kappa shape index (κ1) is 29.2. The van der Waals surface area contributed by atoms with Gasteiger partial charge in [0.25, 0.3) is 5.91 Å². The van der Waals surface area contributed by atoms with Crippen LogP contribution in [-0.2, 0) is 38.2 Å². The van der Waals surface area contributed by atoms with Crippen molar-refractivity contribution in [3.8, 4) is 22.6 Å². The van der Waals surface area contributed by atoms with E-state index in [2.05, 4.69) is 25.6 Å². The SMILES string of the molecule is CCNc1cc(-c2c(-c3nncn3C)cnn2C)cc(N2Cc3c(cc(COCC(C)(C)F)cc3C(F)(F)F)C2=O)n1. The summed E-state index contributed by atoms with van der Waals surface area (Å²) in [7, 11) is 3.55. The molecule has 1 amide bonds. The zero-order valence-electron chi connectivity index (χ0n) is 23.8. The number of rotatable bonds is 9. The van der Waals surface area contributed by atoms with Crippen LogP contribution in [-0.4, -0.2) is 54.3 Å². The van der Waals surface area contributed by atoms with E-state index in [0.29, 0.717) is 35.0 Å². The Hall–Kier alpha value is -4.33. The van der Waals surface area contributed by atoms with Crippen molar-refractivity contribution in [2.24, 2.45) is 14.1 Å². The molecule has 42 heavy (non-hydrogen) atoms. The number of anilines is 2. The number of halogens is 4. The number of benzene rings is 1. The first-order valence-corrected chi connectivity index (χ1v) is 13.2. The summed E-state index contributed by atoms with van der Waals surface area (Å²) in [5.41, 5.74) is -0.765. The normalized spacial score (nSPS) is 13.6. The summed E-state index contributed by atoms with van der Waals surface area (Å²) in [6.07, 6.45) is -1.52. The van der Waals surface area contributed by atoms with Gasteiger partial charge in [-0.2, -0.15) is 18.3 Å². The Morgan fingerprint density at radius 2 is 1.83 bits per heavy atom. The molecular weight excluding hydrogens is 556 g/mol. The molecule has 0 bridgehead atoms. The largest absolute Gasteiger partial charge is 0.416 e. The molecule has 1 aromatic carbocycles. The molecule has 14 heteroatoms. The van der Waals surface area contributed by atoms with E-state index < -0.39 is 23.3 Å². The summed E-state index contributed by atoms with van der Waals surface area (Å²) < 4.78 is 65.1. The van der Waals surface area contributed by atoms with Crippen LogP contribution in [0.2, 0.25) is 0 Å². The first-order chi connectivity index (χ1) is 19.8. The van der Waals surface area contributed by atoms with E-state index in [1.54, 1.807) is 48.0 Å². The maximum absolute atomic E-state index is 14.2. The highest BCUT2D eigenvalue weighted by atomic mass is 19.4. The lowest BCUT2D eigenvalue weighted by atomic mass is 9.99. The van der Waals surface area contributed by atoms with Gasteiger partial charge in [-0.3, -0.25) is 14.4 Å². The molecule has 0 saturated heterocycles. The number of pyridine rings is 1. The molecule has 0 aliphatic carbocycles. The summed E-state index contributed by atoms with van der Waals surface area (Å²) in [5.74, 6) is 0.526. The van der Waals surface area contributed by atoms with Gasteiger partial charge in [0.1, 0.15) is 23.6 Å². The van der Waals surface area contributed by atoms with Gasteiger partial charge >= 0.3 is 6.18 Å². The molecule has 3 aromatic heterocycles. The quantitative estimate of drug-likeness (QED) is 0.271. The number of carbonyl (C=O) groups excluding carboxylic acids is 1. The molecular formula is C28H30F4N8O2. The Morgan fingerprint density at radius 3 is 2.48 bits per heavy atom. The van der Waals surface area contributed by atoms with Crippen LogP contribution in [0, 0.1) is 0 Å². The van der Waals surface area contributed by atoms with Crippen molar-refractivity contribution in [1.29, 1.82) is 0 Å². The molecule has 10 nitrogen and oxygen atoms in total. The van der Waals surface area contributed by atoms with Crippen molar-refractivity contribution >= 4 is 17.5 Å². The van der Waals surface area contributed by atoms with Crippen LogP contribution in [0.3, 0.4) is 0 Å². The van der Waals surface area contributed by atoms with Crippen LogP contribution < -0.4 is 10.2 Å². The Balaban J connectivity index is 1.57. The Labute approximate surface area is 239 Å². The molecule has 5 rings (SSSR count). The van der Waals surface area contributed by atoms with E-state index in [4.69, 9.17) is 4.74 Å². The third kappa shape index (κ3) is 5.71. The van der Waals surface area contributed by atoms with Gasteiger partial charge < -0.3 is 14.6 Å². The molecule has 1 N–H and O–H groups in total. The molecule has 222 valence electrons. The minimum Gasteiger partial charge on any atom is -0.373 e. The lowest BCUT2D eigenvalue weighted by Gasteiger charge is -2.18. The lowest BCUT2D eigenvalue weighted by Crippen LogP contribution is -2.24. The fourth-order valence-electron chi connectivity index (χ4n) is 4.93. The van der Waals surface area contributed by atoms with Gasteiger partial charge in [0.2, 0.25) is 0 Å². The van der Waals surface area contributed by atoms with E-state index in [1.165, 1.54) is 24.8 Å². The summed E-state index contributed by atoms with van der Waals surface area (Å²) in [6.45, 7) is 4.10. The van der Waals surface area contributed by atoms with E-state index in [9.17, 15) is 22.4 Å². The highest BCUT2D eigenvalue weighted by molar-refractivity contribution is 6.10. The maximum Gasteiger partial charge on any atom is 0.416 e. The van der Waals surface area contributed by atoms with Gasteiger partial charge in [0.15, 0.2) is 5.82 Å². The number of amides is 1. The van der Waals surface area contributed by atoms with E-state index in [-0.39, 0.29) is 42.3 Å². The van der Waals surface area contributed by atoms with Crippen molar-refractivity contribution in [2.45, 2.75) is 45.8 Å². The number of ether oxygens (including phenoxy) is 1. The second kappa shape index (κ2) is 10.8. The predicted octanol–water partition coefficient (Wildman–Crippen LogP) is 5.15. The Morgan fingerprint density at radius 1 is 1.07 bits per heavy atom. The van der Waals surface area contributed by atoms with Crippen LogP contribution in [0.1, 0.15) is 47.8 Å². The number of nitrogens with one attached hydrogen (secondary N) is 1.